The van der Waals surface area contributed by atoms with E-state index in [9.17, 15) is 9.59 Å². The fourth-order valence-electron chi connectivity index (χ4n) is 4.31. The van der Waals surface area contributed by atoms with Crippen LogP contribution in [-0.2, 0) is 27.4 Å². The number of ether oxygens (including phenoxy) is 1. The minimum Gasteiger partial charge on any atom is -0.467 e. The van der Waals surface area contributed by atoms with Gasteiger partial charge in [0.2, 0.25) is 11.8 Å². The Kier molecular flexibility index (Phi) is 3.33. The third-order valence-electron chi connectivity index (χ3n) is 5.43. The first-order valence-electron chi connectivity index (χ1n) is 8.65. The fourth-order valence-corrected chi connectivity index (χ4v) is 4.31. The Morgan fingerprint density at radius 2 is 2.00 bits per heavy atom. The third kappa shape index (κ3) is 2.24. The number of carbonyl (C=O) groups is 2. The van der Waals surface area contributed by atoms with Crippen LogP contribution in [0.2, 0.25) is 0 Å². The van der Waals surface area contributed by atoms with Crippen molar-refractivity contribution in [2.24, 2.45) is 11.8 Å². The highest BCUT2D eigenvalue weighted by Gasteiger charge is 2.66. The average molecular weight is 354 g/mol. The summed E-state index contributed by atoms with van der Waals surface area (Å²) in [5.41, 5.74) is -0.707. The van der Waals surface area contributed by atoms with Crippen LogP contribution in [0.5, 0.6) is 0 Å². The number of likely N-dealkylation sites (tertiary alicyclic amines) is 1. The van der Waals surface area contributed by atoms with Gasteiger partial charge in [-0.1, -0.05) is 12.2 Å². The highest BCUT2D eigenvalue weighted by molar-refractivity contribution is 5.92. The SMILES string of the molecule is O=C(NCc1ccco1)[C@@H]1[C@H]2C(=O)N(Cc3ccco3)C[C@]23C=C[C@H]1O3. The van der Waals surface area contributed by atoms with E-state index in [-0.39, 0.29) is 17.9 Å². The highest BCUT2D eigenvalue weighted by Crippen LogP contribution is 2.52. The molecule has 0 aliphatic carbocycles. The van der Waals surface area contributed by atoms with Crippen molar-refractivity contribution < 1.29 is 23.2 Å². The van der Waals surface area contributed by atoms with Crippen LogP contribution >= 0.6 is 0 Å². The lowest BCUT2D eigenvalue weighted by atomic mass is 9.77. The number of amides is 2. The lowest BCUT2D eigenvalue weighted by Gasteiger charge is -2.23. The first-order chi connectivity index (χ1) is 12.7. The van der Waals surface area contributed by atoms with Crippen LogP contribution in [0.4, 0.5) is 0 Å². The van der Waals surface area contributed by atoms with Crippen LogP contribution < -0.4 is 5.32 Å². The van der Waals surface area contributed by atoms with E-state index in [0.29, 0.717) is 31.2 Å². The summed E-state index contributed by atoms with van der Waals surface area (Å²) in [4.78, 5) is 27.5. The van der Waals surface area contributed by atoms with E-state index in [0.717, 1.165) is 0 Å². The molecule has 7 heteroatoms. The number of fused-ring (bicyclic) bond motifs is 1. The monoisotopic (exact) mass is 354 g/mol. The smallest absolute Gasteiger partial charge is 0.230 e. The van der Waals surface area contributed by atoms with Gasteiger partial charge in [0.05, 0.1) is 50.1 Å². The maximum Gasteiger partial charge on any atom is 0.230 e. The van der Waals surface area contributed by atoms with Gasteiger partial charge in [0, 0.05) is 0 Å². The zero-order chi connectivity index (χ0) is 17.7. The van der Waals surface area contributed by atoms with E-state index in [1.54, 1.807) is 35.6 Å². The Labute approximate surface area is 149 Å². The van der Waals surface area contributed by atoms with Crippen LogP contribution in [0, 0.1) is 11.8 Å². The van der Waals surface area contributed by atoms with Gasteiger partial charge in [-0.2, -0.15) is 0 Å². The standard InChI is InChI=1S/C19H18N2O5/c22-17(20-9-12-3-1-7-24-12)15-14-5-6-19(26-14)11-21(18(23)16(15)19)10-13-4-2-8-25-13/h1-8,14-16H,9-11H2,(H,20,22)/t14-,15+,16+,19-/m1/s1. The summed E-state index contributed by atoms with van der Waals surface area (Å²) in [7, 11) is 0. The van der Waals surface area contributed by atoms with E-state index in [2.05, 4.69) is 5.32 Å². The Hall–Kier alpha value is -2.80. The second-order valence-electron chi connectivity index (χ2n) is 6.97. The summed E-state index contributed by atoms with van der Waals surface area (Å²) in [6, 6.07) is 7.19. The Morgan fingerprint density at radius 3 is 2.73 bits per heavy atom. The molecule has 7 nitrogen and oxygen atoms in total. The summed E-state index contributed by atoms with van der Waals surface area (Å²) in [6.07, 6.45) is 6.64. The second kappa shape index (κ2) is 5.60. The third-order valence-corrected chi connectivity index (χ3v) is 5.43. The number of nitrogens with one attached hydrogen (secondary N) is 1. The van der Waals surface area contributed by atoms with Crippen molar-refractivity contribution in [1.29, 1.82) is 0 Å². The van der Waals surface area contributed by atoms with Gasteiger partial charge in [0.25, 0.3) is 0 Å². The minimum atomic E-state index is -0.707. The normalized spacial score (nSPS) is 31.6. The van der Waals surface area contributed by atoms with Gasteiger partial charge < -0.3 is 23.8 Å². The van der Waals surface area contributed by atoms with Crippen molar-refractivity contribution in [1.82, 2.24) is 10.2 Å². The van der Waals surface area contributed by atoms with E-state index < -0.39 is 17.4 Å². The number of hydrogen-bond donors (Lipinski definition) is 1. The molecule has 2 aromatic heterocycles. The van der Waals surface area contributed by atoms with Crippen LogP contribution in [0.15, 0.2) is 57.8 Å². The summed E-state index contributed by atoms with van der Waals surface area (Å²) >= 11 is 0. The molecule has 3 aliphatic rings. The van der Waals surface area contributed by atoms with Gasteiger partial charge >= 0.3 is 0 Å². The Balaban J connectivity index is 1.35. The molecule has 0 aromatic carbocycles. The quantitative estimate of drug-likeness (QED) is 0.822. The summed E-state index contributed by atoms with van der Waals surface area (Å²) in [5.74, 6) is 0.118. The first kappa shape index (κ1) is 15.5. The van der Waals surface area contributed by atoms with Crippen LogP contribution in [0.25, 0.3) is 0 Å². The maximum atomic E-state index is 13.0. The maximum absolute atomic E-state index is 13.0. The van der Waals surface area contributed by atoms with Gasteiger partial charge in [0.15, 0.2) is 0 Å². The average Bonchev–Trinajstić information content (AvgIpc) is 3.43. The number of rotatable bonds is 5. The molecule has 1 N–H and O–H groups in total. The number of furan rings is 2. The molecule has 2 amide bonds. The van der Waals surface area contributed by atoms with Gasteiger partial charge in [-0.3, -0.25) is 9.59 Å². The zero-order valence-electron chi connectivity index (χ0n) is 14.0. The van der Waals surface area contributed by atoms with Crippen molar-refractivity contribution in [3.63, 3.8) is 0 Å². The van der Waals surface area contributed by atoms with Crippen LogP contribution in [0.1, 0.15) is 11.5 Å². The van der Waals surface area contributed by atoms with E-state index in [4.69, 9.17) is 13.6 Å². The minimum absolute atomic E-state index is 0.0635. The largest absolute Gasteiger partial charge is 0.467 e. The molecule has 2 bridgehead atoms. The molecule has 0 saturated carbocycles. The van der Waals surface area contributed by atoms with Gasteiger partial charge in [-0.05, 0) is 24.3 Å². The second-order valence-corrected chi connectivity index (χ2v) is 6.97. The molecule has 4 atom stereocenters. The molecular formula is C19H18N2O5. The molecular weight excluding hydrogens is 336 g/mol. The highest BCUT2D eigenvalue weighted by atomic mass is 16.5. The van der Waals surface area contributed by atoms with Crippen molar-refractivity contribution in [2.45, 2.75) is 24.8 Å². The predicted molar refractivity (Wildman–Crippen MR) is 88.4 cm³/mol. The molecule has 0 radical (unpaired) electrons. The number of carbonyl (C=O) groups excluding carboxylic acids is 2. The molecule has 5 rings (SSSR count). The summed E-state index contributed by atoms with van der Waals surface area (Å²) in [5, 5.41) is 2.87. The van der Waals surface area contributed by atoms with Crippen molar-refractivity contribution in [3.8, 4) is 0 Å². The Bertz CT molecular complexity index is 857. The molecule has 2 fully saturated rings. The summed E-state index contributed by atoms with van der Waals surface area (Å²) < 4.78 is 16.7. The number of nitrogens with zero attached hydrogens (tertiary/aromatic N) is 1. The topological polar surface area (TPSA) is 84.9 Å². The van der Waals surface area contributed by atoms with E-state index in [1.165, 1.54) is 0 Å². The van der Waals surface area contributed by atoms with Crippen LogP contribution in [-0.4, -0.2) is 35.0 Å². The molecule has 0 unspecified atom stereocenters. The number of hydrogen-bond acceptors (Lipinski definition) is 5. The van der Waals surface area contributed by atoms with Gasteiger partial charge in [0.1, 0.15) is 17.1 Å². The summed E-state index contributed by atoms with van der Waals surface area (Å²) in [6.45, 7) is 1.11. The molecule has 5 heterocycles. The van der Waals surface area contributed by atoms with Crippen molar-refractivity contribution >= 4 is 11.8 Å². The molecule has 1 spiro atoms. The lowest BCUT2D eigenvalue weighted by Crippen LogP contribution is -2.43. The van der Waals surface area contributed by atoms with Crippen molar-refractivity contribution in [3.05, 3.63) is 60.5 Å². The van der Waals surface area contributed by atoms with E-state index in [1.807, 2.05) is 18.2 Å². The van der Waals surface area contributed by atoms with Gasteiger partial charge in [-0.15, -0.1) is 0 Å². The van der Waals surface area contributed by atoms with E-state index >= 15 is 0 Å². The zero-order valence-corrected chi connectivity index (χ0v) is 14.0. The molecule has 3 aliphatic heterocycles. The van der Waals surface area contributed by atoms with Crippen molar-refractivity contribution in [2.75, 3.05) is 6.54 Å². The molecule has 26 heavy (non-hydrogen) atoms. The lowest BCUT2D eigenvalue weighted by molar-refractivity contribution is -0.138. The fraction of sp³-hybridized carbons (Fsp3) is 0.368. The predicted octanol–water partition coefficient (Wildman–Crippen LogP) is 1.47. The van der Waals surface area contributed by atoms with Gasteiger partial charge in [-0.25, -0.2) is 0 Å². The van der Waals surface area contributed by atoms with Crippen LogP contribution in [0.3, 0.4) is 0 Å². The molecule has 2 saturated heterocycles. The molecule has 134 valence electrons. The Morgan fingerprint density at radius 1 is 1.23 bits per heavy atom. The first-order valence-corrected chi connectivity index (χ1v) is 8.65. The molecule has 2 aromatic rings.